The van der Waals surface area contributed by atoms with Crippen molar-refractivity contribution in [1.82, 2.24) is 0 Å². The molecule has 0 atom stereocenters. The third kappa shape index (κ3) is 2.95. The van der Waals surface area contributed by atoms with Crippen molar-refractivity contribution in [1.29, 1.82) is 0 Å². The molecular weight excluding hydrogens is 330 g/mol. The number of benzene rings is 1. The fourth-order valence-electron chi connectivity index (χ4n) is 1.12. The van der Waals surface area contributed by atoms with Crippen LogP contribution in [0.25, 0.3) is 0 Å². The summed E-state index contributed by atoms with van der Waals surface area (Å²) in [6.45, 7) is 0. The zero-order chi connectivity index (χ0) is 13.4. The number of rotatable bonds is 2. The van der Waals surface area contributed by atoms with Crippen LogP contribution in [0.3, 0.4) is 0 Å². The number of halogens is 5. The Balaban J connectivity index is 3.62. The van der Waals surface area contributed by atoms with E-state index in [-0.39, 0.29) is 10.5 Å². The quantitative estimate of drug-likeness (QED) is 0.471. The molecule has 0 aliphatic heterocycles. The number of nitrogens with zero attached hydrogens (tertiary/aromatic N) is 1. The average Bonchev–Trinajstić information content (AvgIpc) is 2.14. The number of nitro benzene ring substituents is 1. The molecule has 0 saturated heterocycles. The molecule has 0 heterocycles. The van der Waals surface area contributed by atoms with Crippen molar-refractivity contribution in [2.75, 3.05) is 0 Å². The van der Waals surface area contributed by atoms with E-state index in [1.54, 1.807) is 0 Å². The van der Waals surface area contributed by atoms with Crippen molar-refractivity contribution >= 4 is 38.5 Å². The Kier molecular flexibility index (Phi) is 3.78. The van der Waals surface area contributed by atoms with Crippen LogP contribution in [-0.4, -0.2) is 10.2 Å². The number of nitro groups is 1. The van der Waals surface area contributed by atoms with Crippen LogP contribution in [0, 0.1) is 10.1 Å². The number of hydrogen-bond acceptors (Lipinski definition) is 3. The summed E-state index contributed by atoms with van der Waals surface area (Å²) in [6.07, 6.45) is -4.91. The molecule has 17 heavy (non-hydrogen) atoms. The Labute approximate surface area is 106 Å². The van der Waals surface area contributed by atoms with Gasteiger partial charge in [-0.2, -0.15) is 13.2 Å². The van der Waals surface area contributed by atoms with Crippen LogP contribution in [0.1, 0.15) is 15.9 Å². The van der Waals surface area contributed by atoms with Crippen LogP contribution in [-0.2, 0) is 6.18 Å². The maximum absolute atomic E-state index is 12.6. The molecule has 0 spiro atoms. The van der Waals surface area contributed by atoms with Gasteiger partial charge < -0.3 is 0 Å². The predicted molar refractivity (Wildman–Crippen MR) is 56.0 cm³/mol. The lowest BCUT2D eigenvalue weighted by atomic mass is 10.1. The Morgan fingerprint density at radius 2 is 1.94 bits per heavy atom. The van der Waals surface area contributed by atoms with Crippen LogP contribution in [0.4, 0.5) is 18.9 Å². The zero-order valence-electron chi connectivity index (χ0n) is 7.72. The van der Waals surface area contributed by atoms with Gasteiger partial charge >= 0.3 is 6.18 Å². The highest BCUT2D eigenvalue weighted by atomic mass is 79.9. The average molecular weight is 332 g/mol. The van der Waals surface area contributed by atoms with Gasteiger partial charge in [0.1, 0.15) is 0 Å². The summed E-state index contributed by atoms with van der Waals surface area (Å²) in [4.78, 5) is 20.3. The molecule has 4 nitrogen and oxygen atoms in total. The number of non-ortho nitro benzene ring substituents is 1. The summed E-state index contributed by atoms with van der Waals surface area (Å²) in [5.74, 6) is 0. The first-order valence-electron chi connectivity index (χ1n) is 3.89. The fourth-order valence-corrected chi connectivity index (χ4v) is 2.07. The van der Waals surface area contributed by atoms with Gasteiger partial charge in [-0.1, -0.05) is 0 Å². The minimum atomic E-state index is -4.91. The highest BCUT2D eigenvalue weighted by molar-refractivity contribution is 9.10. The Bertz CT molecular complexity index is 504. The number of alkyl halides is 3. The molecule has 0 radical (unpaired) electrons. The standard InChI is InChI=1S/C8H2BrClF3NO3/c9-5-2-3(14(16)17)1-4(8(11,12)13)6(5)7(10)15/h1-2H. The van der Waals surface area contributed by atoms with Crippen LogP contribution < -0.4 is 0 Å². The van der Waals surface area contributed by atoms with E-state index in [0.29, 0.717) is 0 Å². The summed E-state index contributed by atoms with van der Waals surface area (Å²) in [6, 6.07) is 1.05. The van der Waals surface area contributed by atoms with Crippen molar-refractivity contribution in [2.45, 2.75) is 6.18 Å². The Morgan fingerprint density at radius 1 is 1.41 bits per heavy atom. The number of carbonyl (C=O) groups excluding carboxylic acids is 1. The molecule has 0 N–H and O–H groups in total. The lowest BCUT2D eigenvalue weighted by molar-refractivity contribution is -0.385. The van der Waals surface area contributed by atoms with E-state index in [2.05, 4.69) is 15.9 Å². The van der Waals surface area contributed by atoms with Gasteiger partial charge in [-0.3, -0.25) is 14.9 Å². The van der Waals surface area contributed by atoms with Crippen molar-refractivity contribution < 1.29 is 22.9 Å². The van der Waals surface area contributed by atoms with E-state index in [4.69, 9.17) is 11.6 Å². The predicted octanol–water partition coefficient (Wildman–Crippen LogP) is 3.76. The molecule has 1 rings (SSSR count). The smallest absolute Gasteiger partial charge is 0.276 e. The molecule has 0 aromatic heterocycles. The summed E-state index contributed by atoms with van der Waals surface area (Å²) in [7, 11) is 0. The van der Waals surface area contributed by atoms with E-state index in [1.165, 1.54) is 0 Å². The van der Waals surface area contributed by atoms with Gasteiger partial charge in [0.2, 0.25) is 0 Å². The van der Waals surface area contributed by atoms with Gasteiger partial charge in [-0.15, -0.1) is 0 Å². The van der Waals surface area contributed by atoms with Crippen LogP contribution in [0.2, 0.25) is 0 Å². The normalized spacial score (nSPS) is 11.4. The lowest BCUT2D eigenvalue weighted by Gasteiger charge is -2.11. The third-order valence-electron chi connectivity index (χ3n) is 1.79. The molecule has 0 aliphatic rings. The van der Waals surface area contributed by atoms with Crippen LogP contribution in [0.15, 0.2) is 16.6 Å². The second-order valence-electron chi connectivity index (χ2n) is 2.88. The molecule has 0 amide bonds. The fraction of sp³-hybridized carbons (Fsp3) is 0.125. The molecule has 0 bridgehead atoms. The summed E-state index contributed by atoms with van der Waals surface area (Å²) >= 11 is 7.66. The highest BCUT2D eigenvalue weighted by Gasteiger charge is 2.38. The van der Waals surface area contributed by atoms with Gasteiger partial charge in [0.15, 0.2) is 0 Å². The van der Waals surface area contributed by atoms with Gasteiger partial charge in [-0.25, -0.2) is 0 Å². The molecule has 9 heteroatoms. The monoisotopic (exact) mass is 331 g/mol. The molecule has 0 fully saturated rings. The van der Waals surface area contributed by atoms with Crippen LogP contribution in [0.5, 0.6) is 0 Å². The molecule has 1 aromatic rings. The third-order valence-corrected chi connectivity index (χ3v) is 2.60. The second kappa shape index (κ2) is 4.61. The Hall–Kier alpha value is -1.15. The zero-order valence-corrected chi connectivity index (χ0v) is 10.1. The molecule has 92 valence electrons. The summed E-state index contributed by atoms with van der Waals surface area (Å²) in [5.41, 5.74) is -3.07. The Morgan fingerprint density at radius 3 is 2.29 bits per heavy atom. The first-order valence-corrected chi connectivity index (χ1v) is 5.06. The first kappa shape index (κ1) is 13.9. The van der Waals surface area contributed by atoms with E-state index in [9.17, 15) is 28.1 Å². The van der Waals surface area contributed by atoms with Gasteiger partial charge in [0.05, 0.1) is 16.1 Å². The second-order valence-corrected chi connectivity index (χ2v) is 4.08. The minimum Gasteiger partial charge on any atom is -0.276 e. The highest BCUT2D eigenvalue weighted by Crippen LogP contribution is 2.38. The molecule has 0 saturated carbocycles. The maximum Gasteiger partial charge on any atom is 0.417 e. The largest absolute Gasteiger partial charge is 0.417 e. The van der Waals surface area contributed by atoms with E-state index in [0.717, 1.165) is 6.07 Å². The first-order chi connectivity index (χ1) is 7.64. The minimum absolute atomic E-state index is 0.264. The van der Waals surface area contributed by atoms with E-state index in [1.807, 2.05) is 0 Å². The van der Waals surface area contributed by atoms with E-state index >= 15 is 0 Å². The molecular formula is C8H2BrClF3NO3. The molecule has 0 aliphatic carbocycles. The SMILES string of the molecule is O=C(Cl)c1c(Br)cc([N+](=O)[O-])cc1C(F)(F)F. The van der Waals surface area contributed by atoms with Crippen molar-refractivity contribution in [2.24, 2.45) is 0 Å². The lowest BCUT2D eigenvalue weighted by Crippen LogP contribution is -2.12. The van der Waals surface area contributed by atoms with Gasteiger partial charge in [0.25, 0.3) is 10.9 Å². The summed E-state index contributed by atoms with van der Waals surface area (Å²) < 4.78 is 37.4. The molecule has 1 aromatic carbocycles. The maximum atomic E-state index is 12.6. The van der Waals surface area contributed by atoms with Gasteiger partial charge in [0, 0.05) is 16.6 Å². The number of carbonyl (C=O) groups is 1. The van der Waals surface area contributed by atoms with E-state index < -0.39 is 33.2 Å². The number of hydrogen-bond donors (Lipinski definition) is 0. The summed E-state index contributed by atoms with van der Waals surface area (Å²) in [5, 5.41) is 9.06. The van der Waals surface area contributed by atoms with Crippen molar-refractivity contribution in [3.63, 3.8) is 0 Å². The topological polar surface area (TPSA) is 60.2 Å². The van der Waals surface area contributed by atoms with Crippen molar-refractivity contribution in [3.8, 4) is 0 Å². The van der Waals surface area contributed by atoms with Crippen molar-refractivity contribution in [3.05, 3.63) is 37.8 Å². The molecule has 0 unspecified atom stereocenters. The van der Waals surface area contributed by atoms with Gasteiger partial charge in [-0.05, 0) is 27.5 Å². The van der Waals surface area contributed by atoms with Crippen LogP contribution >= 0.6 is 27.5 Å².